The summed E-state index contributed by atoms with van der Waals surface area (Å²) in [5.74, 6) is -0.745. The van der Waals surface area contributed by atoms with Crippen LogP contribution in [0.25, 0.3) is 0 Å². The number of aliphatic carboxylic acids is 1. The van der Waals surface area contributed by atoms with Gasteiger partial charge in [-0.15, -0.1) is 0 Å². The maximum Gasteiger partial charge on any atom is 1.00 e. The zero-order valence-corrected chi connectivity index (χ0v) is 15.0. The molecule has 0 bridgehead atoms. The Morgan fingerprint density at radius 1 is 0.944 bits per heavy atom. The van der Waals surface area contributed by atoms with Crippen LogP contribution < -0.4 is 29.6 Å². The molecule has 0 unspecified atom stereocenters. The molecule has 0 fully saturated rings. The Labute approximate surface area is 136 Å². The van der Waals surface area contributed by atoms with Crippen LogP contribution in [0, 0.1) is 6.42 Å². The Balaban J connectivity index is -0.000000321. The topological polar surface area (TPSA) is 37.3 Å². The van der Waals surface area contributed by atoms with E-state index in [0.717, 1.165) is 0 Å². The van der Waals surface area contributed by atoms with E-state index < -0.39 is 5.97 Å². The summed E-state index contributed by atoms with van der Waals surface area (Å²) in [6.45, 7) is 6.10. The molecule has 0 spiro atoms. The molecule has 0 saturated carbocycles. The first-order valence-electron chi connectivity index (χ1n) is 7.22. The van der Waals surface area contributed by atoms with Crippen molar-refractivity contribution in [1.29, 1.82) is 0 Å². The van der Waals surface area contributed by atoms with Crippen molar-refractivity contribution in [1.82, 2.24) is 0 Å². The minimum absolute atomic E-state index is 0. The van der Waals surface area contributed by atoms with Gasteiger partial charge in [-0.3, -0.25) is 4.79 Å². The van der Waals surface area contributed by atoms with Gasteiger partial charge in [-0.25, -0.2) is 0 Å². The van der Waals surface area contributed by atoms with E-state index in [2.05, 4.69) is 20.3 Å². The van der Waals surface area contributed by atoms with E-state index in [1.54, 1.807) is 6.92 Å². The molecule has 0 rings (SSSR count). The Hall–Kier alpha value is 0.470. The molecule has 0 amide bonds. The molecule has 18 heavy (non-hydrogen) atoms. The molecule has 0 heterocycles. The zero-order chi connectivity index (χ0) is 13.4. The summed E-state index contributed by atoms with van der Waals surface area (Å²) in [5.41, 5.74) is 0. The Morgan fingerprint density at radius 2 is 1.39 bits per heavy atom. The molecule has 0 saturated heterocycles. The van der Waals surface area contributed by atoms with Gasteiger partial charge in [-0.05, 0) is 0 Å². The molecule has 0 aromatic rings. The maximum absolute atomic E-state index is 9.37. The van der Waals surface area contributed by atoms with E-state index in [-0.39, 0.29) is 36.0 Å². The van der Waals surface area contributed by atoms with Gasteiger partial charge in [0.2, 0.25) is 0 Å². The quantitative estimate of drug-likeness (QED) is 0.374. The zero-order valence-electron chi connectivity index (χ0n) is 13.0. The van der Waals surface area contributed by atoms with E-state index in [9.17, 15) is 4.79 Å². The third kappa shape index (κ3) is 30.0. The van der Waals surface area contributed by atoms with Crippen molar-refractivity contribution in [3.8, 4) is 0 Å². The predicted molar refractivity (Wildman–Crippen MR) is 75.1 cm³/mol. The molecule has 0 radical (unpaired) electrons. The van der Waals surface area contributed by atoms with E-state index in [1.165, 1.54) is 57.8 Å². The fourth-order valence-corrected chi connectivity index (χ4v) is 1.45. The van der Waals surface area contributed by atoms with Gasteiger partial charge in [0.1, 0.15) is 0 Å². The van der Waals surface area contributed by atoms with Crippen LogP contribution in [0.1, 0.15) is 85.0 Å². The standard InChI is InChI=1S/C12H25.C3H6O2.Na/c1-3-5-7-9-11-12-10-8-6-4-2;1-2-3(4)5;/h5H,3-4,6-12H2,1-2H3;2H2,1H3,(H,4,5);/q-1;;+1. The van der Waals surface area contributed by atoms with E-state index >= 15 is 0 Å². The third-order valence-corrected chi connectivity index (χ3v) is 2.60. The molecular formula is C15H31NaO2. The van der Waals surface area contributed by atoms with Gasteiger partial charge in [-0.1, -0.05) is 65.7 Å². The number of rotatable bonds is 10. The van der Waals surface area contributed by atoms with E-state index in [4.69, 9.17) is 5.11 Å². The van der Waals surface area contributed by atoms with Crippen molar-refractivity contribution in [2.24, 2.45) is 0 Å². The van der Waals surface area contributed by atoms with Crippen molar-refractivity contribution in [2.75, 3.05) is 0 Å². The number of carboxylic acids is 1. The van der Waals surface area contributed by atoms with Crippen molar-refractivity contribution in [3.05, 3.63) is 6.42 Å². The number of carbonyl (C=O) groups is 1. The summed E-state index contributed by atoms with van der Waals surface area (Å²) in [6, 6.07) is 0. The molecule has 0 aromatic carbocycles. The third-order valence-electron chi connectivity index (χ3n) is 2.60. The van der Waals surface area contributed by atoms with Crippen LogP contribution in [0.3, 0.4) is 0 Å². The first-order chi connectivity index (χ1) is 8.18. The Morgan fingerprint density at radius 3 is 1.78 bits per heavy atom. The fraction of sp³-hybridized carbons (Fsp3) is 0.867. The number of carboxylic acid groups (broad SMARTS) is 1. The molecule has 0 atom stereocenters. The molecule has 104 valence electrons. The number of unbranched alkanes of at least 4 members (excludes halogenated alkanes) is 9. The first kappa shape index (κ1) is 23.6. The summed E-state index contributed by atoms with van der Waals surface area (Å²) in [4.78, 5) is 9.37. The summed E-state index contributed by atoms with van der Waals surface area (Å²) < 4.78 is 0. The van der Waals surface area contributed by atoms with Crippen LogP contribution in [-0.2, 0) is 4.79 Å². The number of hydrogen-bond acceptors (Lipinski definition) is 1. The molecule has 2 nitrogen and oxygen atoms in total. The van der Waals surface area contributed by atoms with Crippen LogP contribution in [0.5, 0.6) is 0 Å². The van der Waals surface area contributed by atoms with Crippen LogP contribution in [-0.4, -0.2) is 11.1 Å². The second-order valence-electron chi connectivity index (χ2n) is 4.35. The largest absolute Gasteiger partial charge is 1.00 e. The second kappa shape index (κ2) is 22.6. The van der Waals surface area contributed by atoms with Crippen LogP contribution in [0.15, 0.2) is 0 Å². The van der Waals surface area contributed by atoms with Gasteiger partial charge in [0.15, 0.2) is 0 Å². The maximum atomic E-state index is 9.37. The Bertz CT molecular complexity index is 139. The SMILES string of the molecule is CCC(=O)O.CC[CH-]CCCCCCCCC.[Na+]. The monoisotopic (exact) mass is 266 g/mol. The van der Waals surface area contributed by atoms with Gasteiger partial charge in [0, 0.05) is 6.42 Å². The van der Waals surface area contributed by atoms with Gasteiger partial charge >= 0.3 is 35.5 Å². The molecule has 0 aliphatic rings. The van der Waals surface area contributed by atoms with E-state index in [1.807, 2.05) is 0 Å². The molecule has 0 aliphatic carbocycles. The normalized spacial score (nSPS) is 9.06. The van der Waals surface area contributed by atoms with Crippen LogP contribution in [0.2, 0.25) is 0 Å². The second-order valence-corrected chi connectivity index (χ2v) is 4.35. The van der Waals surface area contributed by atoms with Crippen LogP contribution in [0.4, 0.5) is 0 Å². The molecule has 0 aromatic heterocycles. The van der Waals surface area contributed by atoms with Crippen molar-refractivity contribution in [3.63, 3.8) is 0 Å². The van der Waals surface area contributed by atoms with Gasteiger partial charge in [0.25, 0.3) is 0 Å². The van der Waals surface area contributed by atoms with Crippen molar-refractivity contribution < 1.29 is 39.5 Å². The smallest absolute Gasteiger partial charge is 0.481 e. The summed E-state index contributed by atoms with van der Waals surface area (Å²) in [5, 5.41) is 7.72. The average Bonchev–Trinajstić information content (AvgIpc) is 2.33. The predicted octanol–water partition coefficient (Wildman–Crippen LogP) is 2.23. The number of hydrogen-bond donors (Lipinski definition) is 1. The first-order valence-corrected chi connectivity index (χ1v) is 7.22. The Kier molecular flexibility index (Phi) is 29.6. The van der Waals surface area contributed by atoms with Gasteiger partial charge in [-0.2, -0.15) is 12.8 Å². The molecule has 1 N–H and O–H groups in total. The minimum atomic E-state index is -0.745. The summed E-state index contributed by atoms with van der Waals surface area (Å²) in [7, 11) is 0. The molecular weight excluding hydrogens is 235 g/mol. The van der Waals surface area contributed by atoms with E-state index in [0.29, 0.717) is 0 Å². The van der Waals surface area contributed by atoms with Crippen molar-refractivity contribution in [2.45, 2.75) is 85.0 Å². The van der Waals surface area contributed by atoms with Crippen molar-refractivity contribution >= 4 is 5.97 Å². The average molecular weight is 266 g/mol. The van der Waals surface area contributed by atoms with Crippen LogP contribution >= 0.6 is 0 Å². The fourth-order valence-electron chi connectivity index (χ4n) is 1.45. The van der Waals surface area contributed by atoms with Gasteiger partial charge in [0.05, 0.1) is 0 Å². The van der Waals surface area contributed by atoms with Gasteiger partial charge < -0.3 is 11.5 Å². The summed E-state index contributed by atoms with van der Waals surface area (Å²) >= 11 is 0. The molecule has 3 heteroatoms. The molecule has 0 aliphatic heterocycles. The summed E-state index contributed by atoms with van der Waals surface area (Å²) in [6.07, 6.45) is 15.2. The minimum Gasteiger partial charge on any atom is -0.481 e.